The number of rotatable bonds is 8. The van der Waals surface area contributed by atoms with E-state index in [1.807, 2.05) is 24.1 Å². The fourth-order valence-electron chi connectivity index (χ4n) is 6.57. The zero-order chi connectivity index (χ0) is 30.6. The number of fused-ring (bicyclic) bond motifs is 1. The SMILES string of the molecule is C[C@@H](CO)S(=O)(=O)Nc1ccc(NC(=O)c2cc3c(c(N4CCC(F)(F)CC4)c2)N(C)CC3)c(N2CCC3(CC2)CC3)c1. The van der Waals surface area contributed by atoms with Crippen molar-refractivity contribution in [3.63, 3.8) is 0 Å². The molecule has 6 rings (SSSR count). The minimum atomic E-state index is -3.79. The number of hydrogen-bond acceptors (Lipinski definition) is 7. The van der Waals surface area contributed by atoms with Crippen molar-refractivity contribution >= 4 is 44.4 Å². The van der Waals surface area contributed by atoms with Gasteiger partial charge in [0.15, 0.2) is 0 Å². The molecule has 3 heterocycles. The van der Waals surface area contributed by atoms with Crippen molar-refractivity contribution in [3.05, 3.63) is 41.5 Å². The lowest BCUT2D eigenvalue weighted by Crippen LogP contribution is -2.40. The Kier molecular flexibility index (Phi) is 7.73. The maximum atomic E-state index is 14.0. The molecule has 2 aromatic carbocycles. The standard InChI is InChI=1S/C31H41F2N5O4S/c1-21(20-39)43(41,42)35-24-3-4-25(26(19-24)37-13-8-30(6-7-30)9-14-37)34-29(40)23-17-22-5-12-36(2)28(22)27(18-23)38-15-10-31(32,33)11-16-38/h3-4,17-19,21,35,39H,5-16,20H2,1-2H3,(H,34,40)/t21-/m0/s1. The Balaban J connectivity index is 1.29. The molecule has 0 unspecified atom stereocenters. The molecule has 3 aliphatic heterocycles. The summed E-state index contributed by atoms with van der Waals surface area (Å²) in [5, 5.41) is 11.5. The molecule has 0 radical (unpaired) electrons. The van der Waals surface area contributed by atoms with E-state index in [9.17, 15) is 27.1 Å². The zero-order valence-electron chi connectivity index (χ0n) is 24.8. The van der Waals surface area contributed by atoms with Gasteiger partial charge >= 0.3 is 0 Å². The molecule has 1 amide bonds. The first kappa shape index (κ1) is 29.9. The lowest BCUT2D eigenvalue weighted by atomic mass is 9.93. The normalized spacial score (nSPS) is 21.5. The first-order chi connectivity index (χ1) is 20.4. The molecule has 1 aliphatic carbocycles. The number of nitrogens with zero attached hydrogens (tertiary/aromatic N) is 3. The molecule has 1 atom stereocenters. The minimum Gasteiger partial charge on any atom is -0.395 e. The molecule has 1 saturated carbocycles. The van der Waals surface area contributed by atoms with Crippen LogP contribution in [-0.2, 0) is 16.4 Å². The van der Waals surface area contributed by atoms with E-state index >= 15 is 0 Å². The highest BCUT2D eigenvalue weighted by atomic mass is 32.2. The van der Waals surface area contributed by atoms with Crippen molar-refractivity contribution in [2.75, 3.05) is 71.1 Å². The van der Waals surface area contributed by atoms with E-state index in [0.29, 0.717) is 22.4 Å². The van der Waals surface area contributed by atoms with Gasteiger partial charge in [-0.25, -0.2) is 17.2 Å². The number of sulfonamides is 1. The van der Waals surface area contributed by atoms with Gasteiger partial charge < -0.3 is 25.1 Å². The summed E-state index contributed by atoms with van der Waals surface area (Å²) >= 11 is 0. The number of likely N-dealkylation sites (N-methyl/N-ethyl adjacent to an activating group) is 1. The fraction of sp³-hybridized carbons (Fsp3) is 0.581. The third-order valence-electron chi connectivity index (χ3n) is 9.78. The second-order valence-corrected chi connectivity index (χ2v) is 14.9. The van der Waals surface area contributed by atoms with Gasteiger partial charge in [0.25, 0.3) is 11.8 Å². The number of carbonyl (C=O) groups is 1. The largest absolute Gasteiger partial charge is 0.395 e. The Morgan fingerprint density at radius 1 is 0.953 bits per heavy atom. The van der Waals surface area contributed by atoms with Gasteiger partial charge in [0.2, 0.25) is 10.0 Å². The predicted octanol–water partition coefficient (Wildman–Crippen LogP) is 4.67. The fourth-order valence-corrected chi connectivity index (χ4v) is 7.43. The summed E-state index contributed by atoms with van der Waals surface area (Å²) in [7, 11) is -1.81. The molecular formula is C31H41F2N5O4S. The Morgan fingerprint density at radius 3 is 2.26 bits per heavy atom. The lowest BCUT2D eigenvalue weighted by Gasteiger charge is -2.36. The van der Waals surface area contributed by atoms with E-state index in [2.05, 4.69) is 19.8 Å². The third kappa shape index (κ3) is 6.13. The number of benzene rings is 2. The van der Waals surface area contributed by atoms with Gasteiger partial charge in [-0.3, -0.25) is 9.52 Å². The molecule has 12 heteroatoms. The first-order valence-corrected chi connectivity index (χ1v) is 16.8. The number of hydrogen-bond donors (Lipinski definition) is 3. The molecule has 0 aromatic heterocycles. The maximum absolute atomic E-state index is 14.0. The van der Waals surface area contributed by atoms with Crippen LogP contribution in [0.25, 0.3) is 0 Å². The summed E-state index contributed by atoms with van der Waals surface area (Å²) in [5.41, 5.74) is 5.41. The van der Waals surface area contributed by atoms with Crippen LogP contribution in [0, 0.1) is 5.41 Å². The predicted molar refractivity (Wildman–Crippen MR) is 166 cm³/mol. The quantitative estimate of drug-likeness (QED) is 0.396. The van der Waals surface area contributed by atoms with E-state index in [1.54, 1.807) is 18.2 Å². The number of aliphatic hydroxyl groups is 1. The summed E-state index contributed by atoms with van der Waals surface area (Å²) in [6, 6.07) is 8.79. The smallest absolute Gasteiger partial charge is 0.255 e. The number of nitrogens with one attached hydrogen (secondary N) is 2. The zero-order valence-corrected chi connectivity index (χ0v) is 25.7. The van der Waals surface area contributed by atoms with Crippen LogP contribution in [0.5, 0.6) is 0 Å². The van der Waals surface area contributed by atoms with Crippen LogP contribution in [0.3, 0.4) is 0 Å². The number of anilines is 5. The van der Waals surface area contributed by atoms with Gasteiger partial charge in [0, 0.05) is 58.2 Å². The maximum Gasteiger partial charge on any atom is 0.255 e. The van der Waals surface area contributed by atoms with Gasteiger partial charge in [-0.15, -0.1) is 0 Å². The van der Waals surface area contributed by atoms with E-state index in [4.69, 9.17) is 0 Å². The summed E-state index contributed by atoms with van der Waals surface area (Å²) < 4.78 is 55.8. The van der Waals surface area contributed by atoms with Crippen molar-refractivity contribution in [3.8, 4) is 0 Å². The van der Waals surface area contributed by atoms with Crippen molar-refractivity contribution in [2.45, 2.75) is 63.0 Å². The summed E-state index contributed by atoms with van der Waals surface area (Å²) in [4.78, 5) is 20.1. The van der Waals surface area contributed by atoms with Crippen molar-refractivity contribution in [1.29, 1.82) is 0 Å². The Morgan fingerprint density at radius 2 is 1.60 bits per heavy atom. The van der Waals surface area contributed by atoms with Crippen LogP contribution in [0.4, 0.5) is 37.2 Å². The van der Waals surface area contributed by atoms with E-state index < -0.39 is 27.8 Å². The number of halogens is 2. The second kappa shape index (κ2) is 11.1. The van der Waals surface area contributed by atoms with E-state index in [1.165, 1.54) is 19.8 Å². The molecule has 0 bridgehead atoms. The van der Waals surface area contributed by atoms with Crippen LogP contribution in [-0.4, -0.2) is 77.0 Å². The van der Waals surface area contributed by atoms with Gasteiger partial charge in [0.05, 0.1) is 35.0 Å². The Hall–Kier alpha value is -3.12. The van der Waals surface area contributed by atoms with Crippen LogP contribution in [0.1, 0.15) is 61.4 Å². The number of aliphatic hydroxyl groups excluding tert-OH is 1. The molecule has 2 saturated heterocycles. The molecule has 43 heavy (non-hydrogen) atoms. The molecule has 9 nitrogen and oxygen atoms in total. The molecule has 2 aromatic rings. The van der Waals surface area contributed by atoms with Gasteiger partial charge in [-0.2, -0.15) is 0 Å². The number of carbonyl (C=O) groups excluding carboxylic acids is 1. The van der Waals surface area contributed by atoms with Crippen molar-refractivity contribution < 1.29 is 27.1 Å². The van der Waals surface area contributed by atoms with Gasteiger partial charge in [-0.1, -0.05) is 0 Å². The molecular weight excluding hydrogens is 576 g/mol. The molecule has 234 valence electrons. The molecule has 4 aliphatic rings. The van der Waals surface area contributed by atoms with Crippen LogP contribution < -0.4 is 24.7 Å². The number of piperidine rings is 2. The van der Waals surface area contributed by atoms with Crippen LogP contribution in [0.15, 0.2) is 30.3 Å². The average Bonchev–Trinajstić information content (AvgIpc) is 3.63. The lowest BCUT2D eigenvalue weighted by molar-refractivity contribution is -0.0220. The van der Waals surface area contributed by atoms with Crippen molar-refractivity contribution in [1.82, 2.24) is 0 Å². The first-order valence-electron chi connectivity index (χ1n) is 15.2. The highest BCUT2D eigenvalue weighted by Crippen LogP contribution is 2.54. The monoisotopic (exact) mass is 617 g/mol. The summed E-state index contributed by atoms with van der Waals surface area (Å²) in [6.45, 7) is 3.81. The number of amides is 1. The summed E-state index contributed by atoms with van der Waals surface area (Å²) in [5.74, 6) is -2.97. The minimum absolute atomic E-state index is 0.213. The Bertz CT molecular complexity index is 1490. The molecule has 3 fully saturated rings. The summed E-state index contributed by atoms with van der Waals surface area (Å²) in [6.07, 6.45) is 4.93. The Labute approximate surface area is 252 Å². The highest BCUT2D eigenvalue weighted by molar-refractivity contribution is 7.93. The molecule has 1 spiro atoms. The van der Waals surface area contributed by atoms with Gasteiger partial charge in [0.1, 0.15) is 5.25 Å². The third-order valence-corrected chi connectivity index (χ3v) is 11.5. The van der Waals surface area contributed by atoms with E-state index in [0.717, 1.165) is 61.5 Å². The van der Waals surface area contributed by atoms with Crippen molar-refractivity contribution in [2.24, 2.45) is 5.41 Å². The highest BCUT2D eigenvalue weighted by Gasteiger charge is 2.44. The van der Waals surface area contributed by atoms with Crippen LogP contribution in [0.2, 0.25) is 0 Å². The molecule has 3 N–H and O–H groups in total. The van der Waals surface area contributed by atoms with Gasteiger partial charge in [-0.05, 0) is 80.3 Å². The van der Waals surface area contributed by atoms with Crippen LogP contribution >= 0.6 is 0 Å². The topological polar surface area (TPSA) is 105 Å². The second-order valence-electron chi connectivity index (χ2n) is 12.8. The number of alkyl halides is 2. The average molecular weight is 618 g/mol. The van der Waals surface area contributed by atoms with E-state index in [-0.39, 0.29) is 31.8 Å².